The molecule has 1 N–H and O–H groups in total. The van der Waals surface area contributed by atoms with E-state index in [4.69, 9.17) is 4.42 Å². The van der Waals surface area contributed by atoms with Gasteiger partial charge in [-0.25, -0.2) is 8.42 Å². The molecule has 0 atom stereocenters. The van der Waals surface area contributed by atoms with Gasteiger partial charge in [0, 0.05) is 34.6 Å². The van der Waals surface area contributed by atoms with Crippen LogP contribution in [0.1, 0.15) is 0 Å². The van der Waals surface area contributed by atoms with Crippen LogP contribution in [0.5, 0.6) is 0 Å². The Labute approximate surface area is 138 Å². The van der Waals surface area contributed by atoms with Gasteiger partial charge in [-0.05, 0) is 42.5 Å². The third-order valence-corrected chi connectivity index (χ3v) is 5.02. The van der Waals surface area contributed by atoms with Crippen molar-refractivity contribution in [2.24, 2.45) is 0 Å². The van der Waals surface area contributed by atoms with Crippen LogP contribution in [0.15, 0.2) is 70.3 Å². The number of hydrogen-bond acceptors (Lipinski definition) is 5. The van der Waals surface area contributed by atoms with E-state index in [1.807, 2.05) is 30.3 Å². The first-order valence-electron chi connectivity index (χ1n) is 7.34. The van der Waals surface area contributed by atoms with Crippen molar-refractivity contribution >= 4 is 43.1 Å². The maximum atomic E-state index is 11.8. The minimum atomic E-state index is -3.28. The summed E-state index contributed by atoms with van der Waals surface area (Å²) < 4.78 is 29.1. The molecule has 24 heavy (non-hydrogen) atoms. The van der Waals surface area contributed by atoms with Crippen LogP contribution >= 0.6 is 0 Å². The predicted octanol–water partition coefficient (Wildman–Crippen LogP) is 4.13. The first-order valence-corrected chi connectivity index (χ1v) is 9.23. The Morgan fingerprint density at radius 3 is 2.67 bits per heavy atom. The quantitative estimate of drug-likeness (QED) is 0.608. The molecule has 2 heterocycles. The number of sulfone groups is 1. The molecule has 0 aliphatic carbocycles. The average molecular weight is 338 g/mol. The van der Waals surface area contributed by atoms with Gasteiger partial charge in [0.25, 0.3) is 0 Å². The molecule has 0 unspecified atom stereocenters. The van der Waals surface area contributed by atoms with Crippen LogP contribution in [0.2, 0.25) is 0 Å². The molecule has 0 aliphatic rings. The van der Waals surface area contributed by atoms with E-state index in [0.29, 0.717) is 0 Å². The summed E-state index contributed by atoms with van der Waals surface area (Å²) in [5.74, 6) is 0. The summed E-state index contributed by atoms with van der Waals surface area (Å²) >= 11 is 0. The normalized spacial score (nSPS) is 11.9. The lowest BCUT2D eigenvalue weighted by atomic mass is 10.1. The zero-order valence-electron chi connectivity index (χ0n) is 12.9. The van der Waals surface area contributed by atoms with Crippen molar-refractivity contribution < 1.29 is 12.8 Å². The molecule has 0 saturated heterocycles. The highest BCUT2D eigenvalue weighted by molar-refractivity contribution is 7.90. The smallest absolute Gasteiger partial charge is 0.175 e. The number of rotatable bonds is 3. The van der Waals surface area contributed by atoms with Crippen molar-refractivity contribution in [3.05, 3.63) is 61.0 Å². The number of anilines is 2. The first kappa shape index (κ1) is 14.7. The van der Waals surface area contributed by atoms with Gasteiger partial charge in [0.05, 0.1) is 16.7 Å². The van der Waals surface area contributed by atoms with E-state index in [1.165, 1.54) is 6.26 Å². The second-order valence-corrected chi connectivity index (χ2v) is 7.59. The molecule has 4 aromatic rings. The van der Waals surface area contributed by atoms with Crippen molar-refractivity contribution in [3.63, 3.8) is 0 Å². The third-order valence-electron chi connectivity index (χ3n) is 3.91. The predicted molar refractivity (Wildman–Crippen MR) is 94.3 cm³/mol. The lowest BCUT2D eigenvalue weighted by Crippen LogP contribution is -1.98. The summed E-state index contributed by atoms with van der Waals surface area (Å²) in [4.78, 5) is 4.58. The molecule has 0 radical (unpaired) electrons. The number of nitrogens with one attached hydrogen (secondary N) is 1. The van der Waals surface area contributed by atoms with E-state index in [-0.39, 0.29) is 4.90 Å². The van der Waals surface area contributed by atoms with Crippen LogP contribution < -0.4 is 5.32 Å². The highest BCUT2D eigenvalue weighted by Gasteiger charge is 2.11. The number of furan rings is 1. The fourth-order valence-corrected chi connectivity index (χ4v) is 3.36. The van der Waals surface area contributed by atoms with E-state index in [0.717, 1.165) is 33.2 Å². The molecule has 0 saturated carbocycles. The average Bonchev–Trinajstić information content (AvgIpc) is 3.03. The molecule has 0 spiro atoms. The van der Waals surface area contributed by atoms with Gasteiger partial charge < -0.3 is 9.73 Å². The van der Waals surface area contributed by atoms with E-state index in [1.54, 1.807) is 30.7 Å². The Balaban J connectivity index is 1.88. The maximum Gasteiger partial charge on any atom is 0.175 e. The lowest BCUT2D eigenvalue weighted by Gasteiger charge is -2.11. The minimum Gasteiger partial charge on any atom is -0.464 e. The van der Waals surface area contributed by atoms with E-state index in [9.17, 15) is 8.42 Å². The van der Waals surface area contributed by atoms with Gasteiger partial charge in [-0.3, -0.25) is 4.98 Å². The molecule has 2 aromatic carbocycles. The molecular formula is C18H14N2O3S. The molecule has 120 valence electrons. The Morgan fingerprint density at radius 2 is 1.83 bits per heavy atom. The molecule has 6 heteroatoms. The van der Waals surface area contributed by atoms with Gasteiger partial charge in [-0.1, -0.05) is 6.07 Å². The number of nitrogens with zero attached hydrogens (tertiary/aromatic N) is 1. The molecule has 0 fully saturated rings. The van der Waals surface area contributed by atoms with Gasteiger partial charge in [-0.2, -0.15) is 0 Å². The molecule has 4 rings (SSSR count). The monoisotopic (exact) mass is 338 g/mol. The summed E-state index contributed by atoms with van der Waals surface area (Å²) in [6.07, 6.45) is 4.53. The highest BCUT2D eigenvalue weighted by atomic mass is 32.2. The van der Waals surface area contributed by atoms with Crippen molar-refractivity contribution in [1.82, 2.24) is 4.98 Å². The van der Waals surface area contributed by atoms with Crippen LogP contribution in [-0.2, 0) is 9.84 Å². The van der Waals surface area contributed by atoms with Gasteiger partial charge in [0.1, 0.15) is 5.58 Å². The number of benzene rings is 2. The summed E-state index contributed by atoms with van der Waals surface area (Å²) in [5.41, 5.74) is 3.19. The summed E-state index contributed by atoms with van der Waals surface area (Å²) in [5, 5.41) is 5.07. The standard InChI is InChI=1S/C18H14N2O3S/c1-24(21,22)12-5-6-15-14(11-12)17(7-9-19-15)20-16-3-2-4-18-13(16)8-10-23-18/h2-11H,1H3,(H,19,20). The molecule has 2 aromatic heterocycles. The van der Waals surface area contributed by atoms with Crippen LogP contribution in [-0.4, -0.2) is 19.7 Å². The summed E-state index contributed by atoms with van der Waals surface area (Å²) in [6.45, 7) is 0. The number of hydrogen-bond donors (Lipinski definition) is 1. The topological polar surface area (TPSA) is 72.2 Å². The molecule has 5 nitrogen and oxygen atoms in total. The minimum absolute atomic E-state index is 0.271. The SMILES string of the molecule is CS(=O)(=O)c1ccc2nccc(Nc3cccc4occc34)c2c1. The fourth-order valence-electron chi connectivity index (χ4n) is 2.71. The van der Waals surface area contributed by atoms with E-state index >= 15 is 0 Å². The molecule has 0 aliphatic heterocycles. The number of fused-ring (bicyclic) bond motifs is 2. The lowest BCUT2D eigenvalue weighted by molar-refractivity contribution is 0.602. The second-order valence-electron chi connectivity index (χ2n) is 5.57. The van der Waals surface area contributed by atoms with Crippen LogP contribution in [0.4, 0.5) is 11.4 Å². The molecular weight excluding hydrogens is 324 g/mol. The summed E-state index contributed by atoms with van der Waals surface area (Å²) in [7, 11) is -3.28. The number of aromatic nitrogens is 1. The second kappa shape index (κ2) is 5.35. The largest absolute Gasteiger partial charge is 0.464 e. The Morgan fingerprint density at radius 1 is 1.00 bits per heavy atom. The first-order chi connectivity index (χ1) is 11.5. The zero-order valence-corrected chi connectivity index (χ0v) is 13.7. The van der Waals surface area contributed by atoms with Gasteiger partial charge >= 0.3 is 0 Å². The van der Waals surface area contributed by atoms with Crippen molar-refractivity contribution in [1.29, 1.82) is 0 Å². The van der Waals surface area contributed by atoms with Gasteiger partial charge in [0.2, 0.25) is 0 Å². The van der Waals surface area contributed by atoms with Crippen LogP contribution in [0.25, 0.3) is 21.9 Å². The maximum absolute atomic E-state index is 11.8. The molecule has 0 bridgehead atoms. The van der Waals surface area contributed by atoms with Crippen LogP contribution in [0.3, 0.4) is 0 Å². The van der Waals surface area contributed by atoms with Crippen molar-refractivity contribution in [2.45, 2.75) is 4.90 Å². The Hall–Kier alpha value is -2.86. The molecule has 0 amide bonds. The Bertz CT molecular complexity index is 1160. The van der Waals surface area contributed by atoms with E-state index in [2.05, 4.69) is 10.3 Å². The van der Waals surface area contributed by atoms with Crippen molar-refractivity contribution in [2.75, 3.05) is 11.6 Å². The fraction of sp³-hybridized carbons (Fsp3) is 0.0556. The number of pyridine rings is 1. The highest BCUT2D eigenvalue weighted by Crippen LogP contribution is 2.31. The van der Waals surface area contributed by atoms with Crippen molar-refractivity contribution in [3.8, 4) is 0 Å². The Kier molecular flexibility index (Phi) is 3.28. The van der Waals surface area contributed by atoms with Crippen LogP contribution in [0, 0.1) is 0 Å². The zero-order chi connectivity index (χ0) is 16.7. The third kappa shape index (κ3) is 2.51. The van der Waals surface area contributed by atoms with Gasteiger partial charge in [0.15, 0.2) is 9.84 Å². The summed E-state index contributed by atoms with van der Waals surface area (Å²) in [6, 6.07) is 14.4. The van der Waals surface area contributed by atoms with Gasteiger partial charge in [-0.15, -0.1) is 0 Å². The van der Waals surface area contributed by atoms with E-state index < -0.39 is 9.84 Å².